The van der Waals surface area contributed by atoms with Crippen molar-refractivity contribution in [3.8, 4) is 0 Å². The Morgan fingerprint density at radius 2 is 1.83 bits per heavy atom. The van der Waals surface area contributed by atoms with E-state index in [9.17, 15) is 13.2 Å². The smallest absolute Gasteiger partial charge is 0.246 e. The Kier molecular flexibility index (Phi) is 7.33. The van der Waals surface area contributed by atoms with Crippen LogP contribution < -0.4 is 0 Å². The summed E-state index contributed by atoms with van der Waals surface area (Å²) in [6.45, 7) is 5.95. The number of benzene rings is 1. The molecule has 0 radical (unpaired) electrons. The van der Waals surface area contributed by atoms with E-state index in [2.05, 4.69) is 12.0 Å². The van der Waals surface area contributed by atoms with Gasteiger partial charge in [-0.05, 0) is 31.6 Å². The number of nitrogens with zero attached hydrogens (tertiary/aromatic N) is 4. The van der Waals surface area contributed by atoms with Gasteiger partial charge < -0.3 is 4.90 Å². The molecule has 7 nitrogen and oxygen atoms in total. The van der Waals surface area contributed by atoms with E-state index in [0.29, 0.717) is 18.2 Å². The zero-order chi connectivity index (χ0) is 21.7. The van der Waals surface area contributed by atoms with E-state index in [4.69, 9.17) is 11.6 Å². The zero-order valence-corrected chi connectivity index (χ0v) is 18.9. The highest BCUT2D eigenvalue weighted by Gasteiger charge is 2.29. The van der Waals surface area contributed by atoms with Gasteiger partial charge in [-0.1, -0.05) is 43.1 Å². The number of carbonyl (C=O) groups excluding carboxylic acids is 1. The fraction of sp³-hybridized carbons (Fsp3) is 0.429. The molecule has 1 aliphatic heterocycles. The maximum Gasteiger partial charge on any atom is 0.246 e. The first-order valence-corrected chi connectivity index (χ1v) is 11.9. The van der Waals surface area contributed by atoms with Crippen LogP contribution in [0, 0.1) is 6.92 Å². The number of carbonyl (C=O) groups is 1. The zero-order valence-electron chi connectivity index (χ0n) is 17.3. The van der Waals surface area contributed by atoms with Crippen molar-refractivity contribution in [2.45, 2.75) is 38.1 Å². The van der Waals surface area contributed by atoms with Crippen LogP contribution >= 0.6 is 11.6 Å². The molecule has 0 atom stereocenters. The molecule has 1 fully saturated rings. The third kappa shape index (κ3) is 4.94. The van der Waals surface area contributed by atoms with E-state index in [1.165, 1.54) is 10.4 Å². The Balaban J connectivity index is 1.62. The Hall–Kier alpha value is -2.16. The highest BCUT2D eigenvalue weighted by atomic mass is 35.5. The van der Waals surface area contributed by atoms with Crippen LogP contribution in [-0.4, -0.2) is 59.5 Å². The lowest BCUT2D eigenvalue weighted by Crippen LogP contribution is -2.50. The van der Waals surface area contributed by atoms with Crippen molar-refractivity contribution in [3.05, 3.63) is 52.8 Å². The number of hydrogen-bond acceptors (Lipinski definition) is 4. The molecule has 162 valence electrons. The average molecular weight is 451 g/mol. The third-order valence-corrected chi connectivity index (χ3v) is 7.47. The van der Waals surface area contributed by atoms with Crippen molar-refractivity contribution in [2.75, 3.05) is 26.2 Å². The van der Waals surface area contributed by atoms with Crippen molar-refractivity contribution in [2.24, 2.45) is 0 Å². The number of amides is 1. The van der Waals surface area contributed by atoms with Crippen molar-refractivity contribution in [1.82, 2.24) is 19.0 Å². The Labute approximate surface area is 183 Å². The minimum absolute atomic E-state index is 0.163. The van der Waals surface area contributed by atoms with Crippen molar-refractivity contribution in [3.63, 3.8) is 0 Å². The molecule has 1 aliphatic rings. The van der Waals surface area contributed by atoms with Gasteiger partial charge in [-0.15, -0.1) is 0 Å². The predicted molar refractivity (Wildman–Crippen MR) is 118 cm³/mol. The van der Waals surface area contributed by atoms with E-state index >= 15 is 0 Å². The number of rotatable bonds is 7. The maximum atomic E-state index is 12.7. The summed E-state index contributed by atoms with van der Waals surface area (Å²) >= 11 is 6.41. The summed E-state index contributed by atoms with van der Waals surface area (Å²) in [6, 6.07) is 8.36. The molecule has 0 aliphatic carbocycles. The van der Waals surface area contributed by atoms with Gasteiger partial charge in [-0.2, -0.15) is 9.40 Å². The van der Waals surface area contributed by atoms with Gasteiger partial charge in [0.1, 0.15) is 5.15 Å². The number of hydrogen-bond donors (Lipinski definition) is 0. The fourth-order valence-electron chi connectivity index (χ4n) is 3.36. The largest absolute Gasteiger partial charge is 0.337 e. The normalized spacial score (nSPS) is 15.8. The molecule has 30 heavy (non-hydrogen) atoms. The minimum atomic E-state index is -3.53. The SMILES string of the molecule is CCCCn1nc(C)c(C=CC(=O)N2CCN(S(=O)(=O)c3ccccc3)CC2)c1Cl. The van der Waals surface area contributed by atoms with Crippen molar-refractivity contribution < 1.29 is 13.2 Å². The summed E-state index contributed by atoms with van der Waals surface area (Å²) < 4.78 is 28.6. The summed E-state index contributed by atoms with van der Waals surface area (Å²) in [4.78, 5) is 14.5. The molecule has 0 saturated carbocycles. The van der Waals surface area contributed by atoms with Crippen LogP contribution in [0.25, 0.3) is 6.08 Å². The van der Waals surface area contributed by atoms with Crippen LogP contribution in [0.2, 0.25) is 5.15 Å². The number of unbranched alkanes of at least 4 members (excludes halogenated alkanes) is 1. The number of aromatic nitrogens is 2. The second kappa shape index (κ2) is 9.76. The molecule has 1 aromatic heterocycles. The van der Waals surface area contributed by atoms with Crippen LogP contribution in [0.3, 0.4) is 0 Å². The average Bonchev–Trinajstić information content (AvgIpc) is 3.03. The van der Waals surface area contributed by atoms with E-state index < -0.39 is 10.0 Å². The monoisotopic (exact) mass is 450 g/mol. The van der Waals surface area contributed by atoms with Gasteiger partial charge in [-0.25, -0.2) is 8.42 Å². The van der Waals surface area contributed by atoms with Gasteiger partial charge in [-0.3, -0.25) is 9.48 Å². The van der Waals surface area contributed by atoms with Crippen molar-refractivity contribution in [1.29, 1.82) is 0 Å². The number of sulfonamides is 1. The molecule has 2 aromatic rings. The maximum absolute atomic E-state index is 12.7. The molecular formula is C21H27ClN4O3S. The summed E-state index contributed by atoms with van der Waals surface area (Å²) in [5.41, 5.74) is 1.52. The fourth-order valence-corrected chi connectivity index (χ4v) is 5.13. The van der Waals surface area contributed by atoms with E-state index in [-0.39, 0.29) is 23.9 Å². The van der Waals surface area contributed by atoms with Gasteiger partial charge in [0.15, 0.2) is 0 Å². The Morgan fingerprint density at radius 3 is 2.47 bits per heavy atom. The highest BCUT2D eigenvalue weighted by Crippen LogP contribution is 2.22. The van der Waals surface area contributed by atoms with E-state index in [0.717, 1.165) is 30.6 Å². The second-order valence-corrected chi connectivity index (χ2v) is 9.54. The summed E-state index contributed by atoms with van der Waals surface area (Å²) in [5.74, 6) is -0.163. The minimum Gasteiger partial charge on any atom is -0.337 e. The van der Waals surface area contributed by atoms with Gasteiger partial charge in [0.05, 0.1) is 10.6 Å². The topological polar surface area (TPSA) is 75.5 Å². The summed E-state index contributed by atoms with van der Waals surface area (Å²) in [7, 11) is -3.53. The van der Waals surface area contributed by atoms with Crippen LogP contribution in [0.5, 0.6) is 0 Å². The van der Waals surface area contributed by atoms with Gasteiger partial charge >= 0.3 is 0 Å². The molecule has 2 heterocycles. The molecule has 1 aromatic carbocycles. The second-order valence-electron chi connectivity index (χ2n) is 7.24. The highest BCUT2D eigenvalue weighted by molar-refractivity contribution is 7.89. The number of piperazine rings is 1. The summed E-state index contributed by atoms with van der Waals surface area (Å²) in [5, 5.41) is 4.97. The quantitative estimate of drug-likeness (QED) is 0.607. The lowest BCUT2D eigenvalue weighted by molar-refractivity contribution is -0.127. The van der Waals surface area contributed by atoms with Gasteiger partial charge in [0, 0.05) is 44.4 Å². The molecule has 0 spiro atoms. The molecule has 0 bridgehead atoms. The summed E-state index contributed by atoms with van der Waals surface area (Å²) in [6.07, 6.45) is 5.22. The predicted octanol–water partition coefficient (Wildman–Crippen LogP) is 3.19. The van der Waals surface area contributed by atoms with Crippen LogP contribution in [-0.2, 0) is 21.4 Å². The van der Waals surface area contributed by atoms with Gasteiger partial charge in [0.25, 0.3) is 0 Å². The van der Waals surface area contributed by atoms with Crippen LogP contribution in [0.1, 0.15) is 31.0 Å². The molecule has 3 rings (SSSR count). The Morgan fingerprint density at radius 1 is 1.17 bits per heavy atom. The van der Waals surface area contributed by atoms with Crippen LogP contribution in [0.4, 0.5) is 0 Å². The third-order valence-electron chi connectivity index (χ3n) is 5.16. The molecule has 1 saturated heterocycles. The lowest BCUT2D eigenvalue weighted by atomic mass is 10.2. The van der Waals surface area contributed by atoms with Gasteiger partial charge in [0.2, 0.25) is 15.9 Å². The molecule has 0 unspecified atom stereocenters. The Bertz CT molecular complexity index is 1010. The molecular weight excluding hydrogens is 424 g/mol. The number of halogens is 1. The van der Waals surface area contributed by atoms with E-state index in [1.54, 1.807) is 46.0 Å². The molecule has 9 heteroatoms. The first-order valence-electron chi connectivity index (χ1n) is 10.1. The standard InChI is InChI=1S/C21H27ClN4O3S/c1-3-4-12-26-21(22)19(17(2)23-26)10-11-20(27)24-13-15-25(16-14-24)30(28,29)18-8-6-5-7-9-18/h5-11H,3-4,12-16H2,1-2H3. The lowest BCUT2D eigenvalue weighted by Gasteiger charge is -2.33. The molecule has 1 amide bonds. The molecule has 0 N–H and O–H groups in total. The number of aryl methyl sites for hydroxylation is 2. The first-order chi connectivity index (χ1) is 14.3. The van der Waals surface area contributed by atoms with Crippen LogP contribution in [0.15, 0.2) is 41.3 Å². The van der Waals surface area contributed by atoms with E-state index in [1.807, 2.05) is 6.92 Å². The first kappa shape index (κ1) is 22.5. The van der Waals surface area contributed by atoms with Crippen molar-refractivity contribution >= 4 is 33.6 Å².